The molecule has 0 unspecified atom stereocenters. The summed E-state index contributed by atoms with van der Waals surface area (Å²) in [5.41, 5.74) is 2.55. The highest BCUT2D eigenvalue weighted by Gasteiger charge is 2.19. The number of carbonyl (C=O) groups is 2. The van der Waals surface area contributed by atoms with Crippen LogP contribution in [0.25, 0.3) is 6.08 Å². The van der Waals surface area contributed by atoms with Gasteiger partial charge in [0.2, 0.25) is 0 Å². The van der Waals surface area contributed by atoms with Crippen LogP contribution in [0.4, 0.5) is 11.4 Å². The van der Waals surface area contributed by atoms with Crippen LogP contribution >= 0.6 is 11.3 Å². The molecule has 1 aliphatic rings. The van der Waals surface area contributed by atoms with E-state index in [0.717, 1.165) is 34.9 Å². The number of hydrogen-bond acceptors (Lipinski definition) is 6. The van der Waals surface area contributed by atoms with Crippen LogP contribution in [-0.4, -0.2) is 52.3 Å². The Bertz CT molecular complexity index is 842. The molecule has 1 saturated heterocycles. The monoisotopic (exact) mass is 400 g/mol. The lowest BCUT2D eigenvalue weighted by molar-refractivity contribution is -0.139. The molecule has 148 valence electrons. The molecule has 1 aromatic heterocycles. The van der Waals surface area contributed by atoms with Gasteiger partial charge >= 0.3 is 5.97 Å². The molecular weight excluding hydrogens is 376 g/mol. The van der Waals surface area contributed by atoms with Gasteiger partial charge < -0.3 is 19.3 Å². The SMILES string of the molecule is COC(=O)Cc1cc(N(C)C(=O)/C=C/c2cccs2)ccc1N1CCOCC1. The lowest BCUT2D eigenvalue weighted by Gasteiger charge is -2.31. The maximum atomic E-state index is 12.5. The largest absolute Gasteiger partial charge is 0.469 e. The van der Waals surface area contributed by atoms with Gasteiger partial charge in [-0.25, -0.2) is 0 Å². The van der Waals surface area contributed by atoms with Crippen LogP contribution in [0.5, 0.6) is 0 Å². The zero-order valence-electron chi connectivity index (χ0n) is 16.1. The van der Waals surface area contributed by atoms with Crippen molar-refractivity contribution in [2.75, 3.05) is 50.3 Å². The fourth-order valence-electron chi connectivity index (χ4n) is 3.04. The molecule has 2 aromatic rings. The van der Waals surface area contributed by atoms with E-state index < -0.39 is 0 Å². The molecule has 0 aliphatic carbocycles. The zero-order chi connectivity index (χ0) is 19.9. The molecule has 0 radical (unpaired) electrons. The second-order valence-electron chi connectivity index (χ2n) is 6.41. The maximum absolute atomic E-state index is 12.5. The van der Waals surface area contributed by atoms with E-state index in [0.29, 0.717) is 13.2 Å². The van der Waals surface area contributed by atoms with E-state index in [1.54, 1.807) is 35.4 Å². The third-order valence-corrected chi connectivity index (χ3v) is 5.47. The first-order valence-corrected chi connectivity index (χ1v) is 9.98. The van der Waals surface area contributed by atoms with Gasteiger partial charge in [-0.05, 0) is 41.3 Å². The number of thiophene rings is 1. The second kappa shape index (κ2) is 9.52. The molecule has 0 bridgehead atoms. The molecule has 1 aromatic carbocycles. The fourth-order valence-corrected chi connectivity index (χ4v) is 3.66. The van der Waals surface area contributed by atoms with E-state index in [4.69, 9.17) is 9.47 Å². The number of benzene rings is 1. The molecule has 3 rings (SSSR count). The van der Waals surface area contributed by atoms with Gasteiger partial charge in [0.15, 0.2) is 0 Å². The number of methoxy groups -OCH3 is 1. The summed E-state index contributed by atoms with van der Waals surface area (Å²) in [5.74, 6) is -0.435. The van der Waals surface area contributed by atoms with Gasteiger partial charge in [0.1, 0.15) is 0 Å². The second-order valence-corrected chi connectivity index (χ2v) is 7.39. The van der Waals surface area contributed by atoms with Crippen molar-refractivity contribution in [2.45, 2.75) is 6.42 Å². The maximum Gasteiger partial charge on any atom is 0.310 e. The molecule has 1 amide bonds. The Kier molecular flexibility index (Phi) is 6.84. The number of amides is 1. The number of carbonyl (C=O) groups excluding carboxylic acids is 2. The summed E-state index contributed by atoms with van der Waals surface area (Å²) >= 11 is 1.58. The summed E-state index contributed by atoms with van der Waals surface area (Å²) in [7, 11) is 3.11. The van der Waals surface area contributed by atoms with Gasteiger partial charge in [-0.2, -0.15) is 0 Å². The minimum Gasteiger partial charge on any atom is -0.469 e. The Hall–Kier alpha value is -2.64. The van der Waals surface area contributed by atoms with Crippen molar-refractivity contribution >= 4 is 40.7 Å². The van der Waals surface area contributed by atoms with Gasteiger partial charge in [0.05, 0.1) is 26.7 Å². The molecule has 0 spiro atoms. The van der Waals surface area contributed by atoms with Gasteiger partial charge in [-0.15, -0.1) is 11.3 Å². The van der Waals surface area contributed by atoms with Gasteiger partial charge in [-0.1, -0.05) is 6.07 Å². The van der Waals surface area contributed by atoms with Crippen molar-refractivity contribution in [1.82, 2.24) is 0 Å². The zero-order valence-corrected chi connectivity index (χ0v) is 16.9. The van der Waals surface area contributed by atoms with Crippen molar-refractivity contribution < 1.29 is 19.1 Å². The van der Waals surface area contributed by atoms with Crippen LogP contribution < -0.4 is 9.80 Å². The average molecular weight is 401 g/mol. The quantitative estimate of drug-likeness (QED) is 0.551. The van der Waals surface area contributed by atoms with Crippen molar-refractivity contribution in [3.63, 3.8) is 0 Å². The molecule has 28 heavy (non-hydrogen) atoms. The third kappa shape index (κ3) is 4.99. The number of esters is 1. The van der Waals surface area contributed by atoms with E-state index in [9.17, 15) is 9.59 Å². The first-order chi connectivity index (χ1) is 13.6. The Balaban J connectivity index is 1.82. The van der Waals surface area contributed by atoms with E-state index in [1.165, 1.54) is 7.11 Å². The molecule has 7 heteroatoms. The van der Waals surface area contributed by atoms with Crippen molar-refractivity contribution in [2.24, 2.45) is 0 Å². The molecule has 0 saturated carbocycles. The Morgan fingerprint density at radius 1 is 1.29 bits per heavy atom. The van der Waals surface area contributed by atoms with Crippen LogP contribution in [0.3, 0.4) is 0 Å². The lowest BCUT2D eigenvalue weighted by Crippen LogP contribution is -2.37. The van der Waals surface area contributed by atoms with Crippen LogP contribution in [0.1, 0.15) is 10.4 Å². The summed E-state index contributed by atoms with van der Waals surface area (Å²) < 4.78 is 10.3. The first-order valence-electron chi connectivity index (χ1n) is 9.10. The predicted molar refractivity (Wildman–Crippen MR) is 112 cm³/mol. The molecule has 0 atom stereocenters. The van der Waals surface area contributed by atoms with Gasteiger partial charge in [-0.3, -0.25) is 9.59 Å². The highest BCUT2D eigenvalue weighted by atomic mass is 32.1. The average Bonchev–Trinajstić information content (AvgIpc) is 3.25. The summed E-state index contributed by atoms with van der Waals surface area (Å²) in [4.78, 5) is 29.2. The van der Waals surface area contributed by atoms with Crippen LogP contribution in [0.15, 0.2) is 41.8 Å². The lowest BCUT2D eigenvalue weighted by atomic mass is 10.1. The van der Waals surface area contributed by atoms with E-state index in [1.807, 2.05) is 35.7 Å². The van der Waals surface area contributed by atoms with Crippen LogP contribution in [0.2, 0.25) is 0 Å². The van der Waals surface area contributed by atoms with E-state index in [-0.39, 0.29) is 18.3 Å². The number of likely N-dealkylation sites (N-methyl/N-ethyl adjacent to an activating group) is 1. The van der Waals surface area contributed by atoms with Crippen molar-refractivity contribution in [1.29, 1.82) is 0 Å². The third-order valence-electron chi connectivity index (χ3n) is 4.63. The predicted octanol–water partition coefficient (Wildman–Crippen LogP) is 2.98. The topological polar surface area (TPSA) is 59.1 Å². The van der Waals surface area contributed by atoms with E-state index >= 15 is 0 Å². The van der Waals surface area contributed by atoms with Crippen molar-refractivity contribution in [3.8, 4) is 0 Å². The summed E-state index contributed by atoms with van der Waals surface area (Å²) in [6, 6.07) is 9.66. The highest BCUT2D eigenvalue weighted by molar-refractivity contribution is 7.10. The Labute approximate surface area is 169 Å². The Morgan fingerprint density at radius 3 is 2.75 bits per heavy atom. The highest BCUT2D eigenvalue weighted by Crippen LogP contribution is 2.28. The molecule has 1 fully saturated rings. The summed E-state index contributed by atoms with van der Waals surface area (Å²) in [6.45, 7) is 2.86. The normalized spacial score (nSPS) is 14.3. The van der Waals surface area contributed by atoms with Gasteiger partial charge in [0, 0.05) is 42.5 Å². The number of nitrogens with zero attached hydrogens (tertiary/aromatic N) is 2. The number of hydrogen-bond donors (Lipinski definition) is 0. The number of ether oxygens (including phenoxy) is 2. The summed E-state index contributed by atoms with van der Waals surface area (Å²) in [5, 5.41) is 1.97. The number of morpholine rings is 1. The molecule has 1 aliphatic heterocycles. The Morgan fingerprint density at radius 2 is 2.07 bits per heavy atom. The smallest absolute Gasteiger partial charge is 0.310 e. The van der Waals surface area contributed by atoms with Gasteiger partial charge in [0.25, 0.3) is 5.91 Å². The number of anilines is 2. The van der Waals surface area contributed by atoms with Crippen molar-refractivity contribution in [3.05, 3.63) is 52.2 Å². The molecule has 6 nitrogen and oxygen atoms in total. The standard InChI is InChI=1S/C21H24N2O4S/c1-22(20(24)8-6-18-4-3-13-28-18)17-5-7-19(23-9-11-27-12-10-23)16(14-17)15-21(25)26-2/h3-8,13-14H,9-12,15H2,1-2H3/b8-6+. The first kappa shape index (κ1) is 20.1. The minimum atomic E-state index is -0.307. The summed E-state index contributed by atoms with van der Waals surface area (Å²) in [6.07, 6.45) is 3.52. The van der Waals surface area contributed by atoms with Crippen LogP contribution in [-0.2, 0) is 25.5 Å². The minimum absolute atomic E-state index is 0.128. The molecule has 0 N–H and O–H groups in total. The van der Waals surface area contributed by atoms with Crippen LogP contribution in [0, 0.1) is 0 Å². The number of rotatable bonds is 6. The molecular formula is C21H24N2O4S. The van der Waals surface area contributed by atoms with E-state index in [2.05, 4.69) is 4.90 Å². The molecule has 2 heterocycles. The fraction of sp³-hybridized carbons (Fsp3) is 0.333.